The van der Waals surface area contributed by atoms with Crippen molar-refractivity contribution in [2.75, 3.05) is 19.0 Å². The highest BCUT2D eigenvalue weighted by atomic mass is 16.5. The summed E-state index contributed by atoms with van der Waals surface area (Å²) in [6.45, 7) is 2.12. The van der Waals surface area contributed by atoms with Crippen LogP contribution < -0.4 is 10.6 Å². The third kappa shape index (κ3) is 4.97. The monoisotopic (exact) mass is 266 g/mol. The minimum absolute atomic E-state index is 0.215. The average Bonchev–Trinajstić information content (AvgIpc) is 2.37. The molecule has 0 aliphatic carbocycles. The lowest BCUT2D eigenvalue weighted by Crippen LogP contribution is -2.43. The van der Waals surface area contributed by atoms with Crippen LogP contribution in [0.25, 0.3) is 0 Å². The number of benzene rings is 1. The number of carbonyl (C=O) groups excluding carboxylic acids is 1. The van der Waals surface area contributed by atoms with Crippen molar-refractivity contribution in [3.05, 3.63) is 29.8 Å². The van der Waals surface area contributed by atoms with Crippen LogP contribution >= 0.6 is 0 Å². The van der Waals surface area contributed by atoms with Crippen molar-refractivity contribution in [1.29, 1.82) is 0 Å². The molecule has 6 heteroatoms. The number of carboxylic acid groups (broad SMARTS) is 1. The first-order valence-electron chi connectivity index (χ1n) is 5.89. The Morgan fingerprint density at radius 2 is 2.05 bits per heavy atom. The van der Waals surface area contributed by atoms with E-state index in [1.54, 1.807) is 12.1 Å². The summed E-state index contributed by atoms with van der Waals surface area (Å²) in [5.41, 5.74) is 1.55. The highest BCUT2D eigenvalue weighted by Crippen LogP contribution is 2.12. The van der Waals surface area contributed by atoms with Crippen molar-refractivity contribution in [2.45, 2.75) is 19.4 Å². The van der Waals surface area contributed by atoms with Crippen LogP contribution in [0.3, 0.4) is 0 Å². The number of aliphatic carboxylic acids is 1. The molecule has 0 aliphatic heterocycles. The number of urea groups is 1. The molecule has 0 heterocycles. The zero-order chi connectivity index (χ0) is 14.3. The van der Waals surface area contributed by atoms with Crippen LogP contribution in [0.4, 0.5) is 10.5 Å². The molecule has 0 bridgehead atoms. The summed E-state index contributed by atoms with van der Waals surface area (Å²) in [6.07, 6.45) is 0.215. The lowest BCUT2D eigenvalue weighted by molar-refractivity contribution is -0.139. The first kappa shape index (κ1) is 15.0. The molecule has 0 aliphatic rings. The fourth-order valence-electron chi connectivity index (χ4n) is 1.52. The molecule has 1 aromatic rings. The zero-order valence-electron chi connectivity index (χ0n) is 11.0. The minimum Gasteiger partial charge on any atom is -0.480 e. The molecule has 1 unspecified atom stereocenters. The molecule has 0 radical (unpaired) electrons. The van der Waals surface area contributed by atoms with Gasteiger partial charge in [0.15, 0.2) is 0 Å². The average molecular weight is 266 g/mol. The van der Waals surface area contributed by atoms with Crippen LogP contribution in [0, 0.1) is 6.92 Å². The Labute approximate surface area is 111 Å². The number of methoxy groups -OCH3 is 1. The molecule has 3 N–H and O–H groups in total. The molecule has 1 rings (SSSR count). The maximum Gasteiger partial charge on any atom is 0.326 e. The fraction of sp³-hybridized carbons (Fsp3) is 0.385. The number of ether oxygens (including phenoxy) is 1. The Hall–Kier alpha value is -2.08. The van der Waals surface area contributed by atoms with Gasteiger partial charge in [0.25, 0.3) is 0 Å². The topological polar surface area (TPSA) is 87.7 Å². The Bertz CT molecular complexity index is 448. The van der Waals surface area contributed by atoms with Gasteiger partial charge in [0.2, 0.25) is 0 Å². The number of anilines is 1. The van der Waals surface area contributed by atoms with E-state index in [1.807, 2.05) is 19.1 Å². The number of aryl methyl sites for hydroxylation is 1. The van der Waals surface area contributed by atoms with Crippen LogP contribution in [0.15, 0.2) is 24.3 Å². The van der Waals surface area contributed by atoms with Gasteiger partial charge in [-0.25, -0.2) is 9.59 Å². The van der Waals surface area contributed by atoms with Gasteiger partial charge in [-0.15, -0.1) is 0 Å². The largest absolute Gasteiger partial charge is 0.480 e. The van der Waals surface area contributed by atoms with Crippen molar-refractivity contribution in [2.24, 2.45) is 0 Å². The highest BCUT2D eigenvalue weighted by molar-refractivity contribution is 5.92. The number of carbonyl (C=O) groups is 2. The second-order valence-electron chi connectivity index (χ2n) is 4.09. The molecule has 2 amide bonds. The summed E-state index contributed by atoms with van der Waals surface area (Å²) < 4.78 is 4.81. The van der Waals surface area contributed by atoms with Gasteiger partial charge in [0, 0.05) is 25.8 Å². The Kier molecular flexibility index (Phi) is 5.81. The van der Waals surface area contributed by atoms with Gasteiger partial charge in [-0.05, 0) is 18.6 Å². The highest BCUT2D eigenvalue weighted by Gasteiger charge is 2.19. The predicted molar refractivity (Wildman–Crippen MR) is 71.3 cm³/mol. The number of hydrogen-bond acceptors (Lipinski definition) is 3. The molecular weight excluding hydrogens is 248 g/mol. The molecule has 19 heavy (non-hydrogen) atoms. The summed E-state index contributed by atoms with van der Waals surface area (Å²) in [6, 6.07) is 5.75. The number of para-hydroxylation sites is 1. The number of carboxylic acids is 1. The first-order chi connectivity index (χ1) is 9.04. The van der Waals surface area contributed by atoms with E-state index in [4.69, 9.17) is 9.84 Å². The molecule has 1 atom stereocenters. The van der Waals surface area contributed by atoms with Gasteiger partial charge in [-0.3, -0.25) is 0 Å². The Morgan fingerprint density at radius 1 is 1.37 bits per heavy atom. The summed E-state index contributed by atoms with van der Waals surface area (Å²) in [7, 11) is 1.48. The van der Waals surface area contributed by atoms with E-state index in [-0.39, 0.29) is 13.0 Å². The van der Waals surface area contributed by atoms with Crippen molar-refractivity contribution >= 4 is 17.7 Å². The van der Waals surface area contributed by atoms with Gasteiger partial charge in [-0.1, -0.05) is 18.2 Å². The zero-order valence-corrected chi connectivity index (χ0v) is 11.0. The maximum absolute atomic E-state index is 11.7. The Balaban J connectivity index is 2.58. The lowest BCUT2D eigenvalue weighted by Gasteiger charge is -2.15. The molecule has 104 valence electrons. The van der Waals surface area contributed by atoms with Crippen LogP contribution in [0.5, 0.6) is 0 Å². The minimum atomic E-state index is -1.09. The van der Waals surface area contributed by atoms with E-state index in [2.05, 4.69) is 10.6 Å². The van der Waals surface area contributed by atoms with Gasteiger partial charge in [-0.2, -0.15) is 0 Å². The van der Waals surface area contributed by atoms with Crippen molar-refractivity contribution in [3.8, 4) is 0 Å². The molecule has 6 nitrogen and oxygen atoms in total. The van der Waals surface area contributed by atoms with Crippen LogP contribution in [0.2, 0.25) is 0 Å². The van der Waals surface area contributed by atoms with Crippen molar-refractivity contribution < 1.29 is 19.4 Å². The van der Waals surface area contributed by atoms with Gasteiger partial charge in [0.1, 0.15) is 6.04 Å². The summed E-state index contributed by atoms with van der Waals surface area (Å²) in [4.78, 5) is 22.7. The van der Waals surface area contributed by atoms with Crippen LogP contribution in [-0.4, -0.2) is 36.9 Å². The smallest absolute Gasteiger partial charge is 0.326 e. The Morgan fingerprint density at radius 3 is 2.63 bits per heavy atom. The summed E-state index contributed by atoms with van der Waals surface area (Å²) in [5.74, 6) is -1.09. The third-order valence-electron chi connectivity index (χ3n) is 2.61. The second kappa shape index (κ2) is 7.38. The molecule has 0 saturated heterocycles. The maximum atomic E-state index is 11.7. The van der Waals surface area contributed by atoms with E-state index in [0.717, 1.165) is 5.56 Å². The van der Waals surface area contributed by atoms with Crippen LogP contribution in [-0.2, 0) is 9.53 Å². The normalized spacial score (nSPS) is 11.7. The van der Waals surface area contributed by atoms with Crippen molar-refractivity contribution in [3.63, 3.8) is 0 Å². The van der Waals surface area contributed by atoms with Gasteiger partial charge >= 0.3 is 12.0 Å². The van der Waals surface area contributed by atoms with Crippen molar-refractivity contribution in [1.82, 2.24) is 5.32 Å². The summed E-state index contributed by atoms with van der Waals surface area (Å²) >= 11 is 0. The quantitative estimate of drug-likeness (QED) is 0.730. The molecule has 1 aromatic carbocycles. The second-order valence-corrected chi connectivity index (χ2v) is 4.09. The standard InChI is InChI=1S/C13H18N2O4/c1-9-5-3-4-6-10(9)14-13(18)15-11(12(16)17)7-8-19-2/h3-6,11H,7-8H2,1-2H3,(H,16,17)(H2,14,15,18). The number of nitrogens with one attached hydrogen (secondary N) is 2. The van der Waals surface area contributed by atoms with Gasteiger partial charge < -0.3 is 20.5 Å². The third-order valence-corrected chi connectivity index (χ3v) is 2.61. The predicted octanol–water partition coefficient (Wildman–Crippen LogP) is 1.61. The van der Waals surface area contributed by atoms with E-state index < -0.39 is 18.0 Å². The first-order valence-corrected chi connectivity index (χ1v) is 5.89. The molecule has 0 fully saturated rings. The number of amides is 2. The fourth-order valence-corrected chi connectivity index (χ4v) is 1.52. The SMILES string of the molecule is COCCC(NC(=O)Nc1ccccc1C)C(=O)O. The van der Waals surface area contributed by atoms with E-state index >= 15 is 0 Å². The van der Waals surface area contributed by atoms with E-state index in [0.29, 0.717) is 5.69 Å². The number of rotatable bonds is 6. The van der Waals surface area contributed by atoms with E-state index in [9.17, 15) is 9.59 Å². The number of hydrogen-bond donors (Lipinski definition) is 3. The molecule has 0 saturated carbocycles. The molecule has 0 spiro atoms. The lowest BCUT2D eigenvalue weighted by atomic mass is 10.2. The van der Waals surface area contributed by atoms with Gasteiger partial charge in [0.05, 0.1) is 0 Å². The van der Waals surface area contributed by atoms with Crippen LogP contribution in [0.1, 0.15) is 12.0 Å². The molecule has 0 aromatic heterocycles. The molecular formula is C13H18N2O4. The van der Waals surface area contributed by atoms with E-state index in [1.165, 1.54) is 7.11 Å². The summed E-state index contributed by atoms with van der Waals surface area (Å²) in [5, 5.41) is 14.0.